The number of sulfone groups is 1. The zero-order chi connectivity index (χ0) is 24.0. The van der Waals surface area contributed by atoms with Crippen molar-refractivity contribution in [2.24, 2.45) is 0 Å². The highest BCUT2D eigenvalue weighted by Gasteiger charge is 2.33. The van der Waals surface area contributed by atoms with E-state index in [4.69, 9.17) is 11.6 Å². The van der Waals surface area contributed by atoms with Crippen molar-refractivity contribution in [3.05, 3.63) is 82.9 Å². The topological polar surface area (TPSA) is 47.0 Å². The Hall–Kier alpha value is -2.90. The number of alkyl halides is 3. The maximum Gasteiger partial charge on any atom is 0.418 e. The normalized spacial score (nSPS) is 12.3. The summed E-state index contributed by atoms with van der Waals surface area (Å²) >= 11 is 6.71. The third-order valence-electron chi connectivity index (χ3n) is 5.50. The van der Waals surface area contributed by atoms with Gasteiger partial charge < -0.3 is 0 Å². The lowest BCUT2D eigenvalue weighted by molar-refractivity contribution is -0.136. The minimum Gasteiger partial charge on any atom is -0.247 e. The van der Waals surface area contributed by atoms with Crippen molar-refractivity contribution >= 4 is 32.3 Å². The zero-order valence-electron chi connectivity index (χ0n) is 17.7. The summed E-state index contributed by atoms with van der Waals surface area (Å²) in [7, 11) is -3.34. The number of pyridine rings is 1. The molecule has 0 bridgehead atoms. The third-order valence-corrected chi connectivity index (χ3v) is 7.66. The SMILES string of the molecule is CCS(=O)(=O)c1ccc(-c2cccc(-c3nc4c(C(F)(F)F)cccc4cc3C)c2Cl)cc1. The first-order chi connectivity index (χ1) is 15.5. The Bertz CT molecular complexity index is 1460. The Morgan fingerprint density at radius 1 is 0.939 bits per heavy atom. The summed E-state index contributed by atoms with van der Waals surface area (Å²) in [6, 6.07) is 17.2. The highest BCUT2D eigenvalue weighted by atomic mass is 35.5. The fourth-order valence-electron chi connectivity index (χ4n) is 3.75. The van der Waals surface area contributed by atoms with Crippen LogP contribution in [0.4, 0.5) is 13.2 Å². The van der Waals surface area contributed by atoms with Crippen LogP contribution in [0.15, 0.2) is 71.6 Å². The smallest absolute Gasteiger partial charge is 0.247 e. The van der Waals surface area contributed by atoms with Gasteiger partial charge in [-0.15, -0.1) is 0 Å². The van der Waals surface area contributed by atoms with Crippen LogP contribution < -0.4 is 0 Å². The zero-order valence-corrected chi connectivity index (χ0v) is 19.3. The van der Waals surface area contributed by atoms with Gasteiger partial charge in [-0.3, -0.25) is 0 Å². The first-order valence-electron chi connectivity index (χ1n) is 10.1. The summed E-state index contributed by atoms with van der Waals surface area (Å²) in [6.45, 7) is 3.35. The average molecular weight is 490 g/mol. The standard InChI is InChI=1S/C25H19ClF3NO2S/c1-3-33(31,32)18-12-10-16(11-13-18)19-7-5-8-20(22(19)26)23-15(2)14-17-6-4-9-21(24(17)30-23)25(27,28)29/h4-14H,3H2,1-2H3. The Morgan fingerprint density at radius 3 is 2.21 bits per heavy atom. The lowest BCUT2D eigenvalue weighted by atomic mass is 9.98. The second-order valence-corrected chi connectivity index (χ2v) is 10.3. The van der Waals surface area contributed by atoms with E-state index in [1.54, 1.807) is 56.3 Å². The molecule has 0 N–H and O–H groups in total. The first kappa shape index (κ1) is 23.3. The molecule has 1 aromatic heterocycles. The van der Waals surface area contributed by atoms with E-state index in [0.29, 0.717) is 38.4 Å². The number of benzene rings is 3. The maximum absolute atomic E-state index is 13.6. The summed E-state index contributed by atoms with van der Waals surface area (Å²) in [5.74, 6) is -0.00455. The number of hydrogen-bond donors (Lipinski definition) is 0. The molecule has 0 amide bonds. The molecule has 1 heterocycles. The van der Waals surface area contributed by atoms with Gasteiger partial charge in [0, 0.05) is 16.5 Å². The molecule has 0 fully saturated rings. The molecule has 0 aliphatic rings. The van der Waals surface area contributed by atoms with Crippen LogP contribution in [0.1, 0.15) is 18.1 Å². The Morgan fingerprint density at radius 2 is 1.58 bits per heavy atom. The van der Waals surface area contributed by atoms with Gasteiger partial charge >= 0.3 is 6.18 Å². The number of rotatable bonds is 4. The van der Waals surface area contributed by atoms with Crippen molar-refractivity contribution in [3.63, 3.8) is 0 Å². The van der Waals surface area contributed by atoms with Crippen LogP contribution in [0.2, 0.25) is 5.02 Å². The summed E-state index contributed by atoms with van der Waals surface area (Å²) < 4.78 is 64.8. The largest absolute Gasteiger partial charge is 0.418 e. The molecule has 0 aliphatic carbocycles. The van der Waals surface area contributed by atoms with Crippen LogP contribution in [0.5, 0.6) is 0 Å². The minimum atomic E-state index is -4.54. The van der Waals surface area contributed by atoms with Crippen LogP contribution in [-0.4, -0.2) is 19.2 Å². The molecular formula is C25H19ClF3NO2S. The molecule has 0 spiro atoms. The van der Waals surface area contributed by atoms with E-state index in [1.165, 1.54) is 18.2 Å². The minimum absolute atomic E-state index is 0.00455. The van der Waals surface area contributed by atoms with Gasteiger partial charge in [-0.2, -0.15) is 13.2 Å². The lowest BCUT2D eigenvalue weighted by Crippen LogP contribution is -2.07. The Labute approximate surface area is 194 Å². The summed E-state index contributed by atoms with van der Waals surface area (Å²) in [5, 5.41) is 0.717. The van der Waals surface area contributed by atoms with E-state index in [0.717, 1.165) is 6.07 Å². The molecule has 8 heteroatoms. The maximum atomic E-state index is 13.6. The van der Waals surface area contributed by atoms with Crippen molar-refractivity contribution < 1.29 is 21.6 Å². The molecule has 3 nitrogen and oxygen atoms in total. The molecule has 0 radical (unpaired) electrons. The van der Waals surface area contributed by atoms with E-state index >= 15 is 0 Å². The second-order valence-electron chi connectivity index (χ2n) is 7.62. The van der Waals surface area contributed by atoms with Gasteiger partial charge in [-0.1, -0.05) is 61.0 Å². The fourth-order valence-corrected chi connectivity index (χ4v) is 4.96. The van der Waals surface area contributed by atoms with Crippen LogP contribution in [-0.2, 0) is 16.0 Å². The van der Waals surface area contributed by atoms with Gasteiger partial charge in [0.2, 0.25) is 0 Å². The van der Waals surface area contributed by atoms with Crippen molar-refractivity contribution in [2.45, 2.75) is 24.9 Å². The number of aryl methyl sites for hydroxylation is 1. The fraction of sp³-hybridized carbons (Fsp3) is 0.160. The summed E-state index contributed by atoms with van der Waals surface area (Å²) in [4.78, 5) is 4.60. The van der Waals surface area contributed by atoms with E-state index in [-0.39, 0.29) is 16.2 Å². The first-order valence-corrected chi connectivity index (χ1v) is 12.2. The highest BCUT2D eigenvalue weighted by molar-refractivity contribution is 7.91. The van der Waals surface area contributed by atoms with E-state index < -0.39 is 21.6 Å². The van der Waals surface area contributed by atoms with Crippen molar-refractivity contribution in [1.29, 1.82) is 0 Å². The monoisotopic (exact) mass is 489 g/mol. The van der Waals surface area contributed by atoms with Crippen molar-refractivity contribution in [1.82, 2.24) is 4.98 Å². The molecule has 33 heavy (non-hydrogen) atoms. The van der Waals surface area contributed by atoms with Gasteiger partial charge in [-0.05, 0) is 42.3 Å². The predicted octanol–water partition coefficient (Wildman–Crippen LogP) is 7.34. The number of nitrogens with zero attached hydrogens (tertiary/aromatic N) is 1. The van der Waals surface area contributed by atoms with Gasteiger partial charge in [0.1, 0.15) is 0 Å². The number of hydrogen-bond acceptors (Lipinski definition) is 3. The molecule has 0 aliphatic heterocycles. The van der Waals surface area contributed by atoms with Gasteiger partial charge in [0.05, 0.1) is 32.4 Å². The van der Waals surface area contributed by atoms with Crippen LogP contribution >= 0.6 is 11.6 Å². The molecule has 4 rings (SSSR count). The predicted molar refractivity (Wildman–Crippen MR) is 125 cm³/mol. The van der Waals surface area contributed by atoms with Gasteiger partial charge in [0.25, 0.3) is 0 Å². The van der Waals surface area contributed by atoms with Crippen LogP contribution in [0.3, 0.4) is 0 Å². The Balaban J connectivity index is 1.87. The van der Waals surface area contributed by atoms with Crippen molar-refractivity contribution in [3.8, 4) is 22.4 Å². The highest BCUT2D eigenvalue weighted by Crippen LogP contribution is 2.40. The lowest BCUT2D eigenvalue weighted by Gasteiger charge is -2.15. The van der Waals surface area contributed by atoms with Gasteiger partial charge in [-0.25, -0.2) is 13.4 Å². The molecule has 0 saturated heterocycles. The molecule has 0 saturated carbocycles. The average Bonchev–Trinajstić information content (AvgIpc) is 2.78. The van der Waals surface area contributed by atoms with Crippen LogP contribution in [0.25, 0.3) is 33.3 Å². The van der Waals surface area contributed by atoms with Crippen LogP contribution in [0, 0.1) is 6.92 Å². The molecule has 4 aromatic rings. The number of para-hydroxylation sites is 1. The van der Waals surface area contributed by atoms with E-state index in [2.05, 4.69) is 4.98 Å². The number of aromatic nitrogens is 1. The van der Waals surface area contributed by atoms with Crippen molar-refractivity contribution in [2.75, 3.05) is 5.75 Å². The van der Waals surface area contributed by atoms with E-state index in [1.807, 2.05) is 0 Å². The Kier molecular flexibility index (Phi) is 5.97. The second kappa shape index (κ2) is 8.47. The van der Waals surface area contributed by atoms with Gasteiger partial charge in [0.15, 0.2) is 9.84 Å². The summed E-state index contributed by atoms with van der Waals surface area (Å²) in [6.07, 6.45) is -4.54. The molecular weight excluding hydrogens is 471 g/mol. The van der Waals surface area contributed by atoms with E-state index in [9.17, 15) is 21.6 Å². The molecule has 3 aromatic carbocycles. The third kappa shape index (κ3) is 4.35. The summed E-state index contributed by atoms with van der Waals surface area (Å²) in [5.41, 5.74) is 1.91. The quantitative estimate of drug-likeness (QED) is 0.301. The number of halogens is 4. The number of fused-ring (bicyclic) bond motifs is 1. The molecule has 170 valence electrons. The molecule has 0 unspecified atom stereocenters. The molecule has 0 atom stereocenters.